The molecule has 0 bridgehead atoms. The predicted molar refractivity (Wildman–Crippen MR) is 79.7 cm³/mol. The molecule has 3 rings (SSSR count). The Hall–Kier alpha value is -2.17. The molecule has 3 aromatic rings. The second kappa shape index (κ2) is 5.45. The van der Waals surface area contributed by atoms with Crippen LogP contribution < -0.4 is 5.73 Å². The first-order valence-corrected chi connectivity index (χ1v) is 6.61. The van der Waals surface area contributed by atoms with Crippen LogP contribution in [0.15, 0.2) is 54.9 Å². The van der Waals surface area contributed by atoms with E-state index in [1.807, 2.05) is 48.8 Å². The zero-order valence-corrected chi connectivity index (χ0v) is 11.5. The van der Waals surface area contributed by atoms with Crippen LogP contribution in [0.25, 0.3) is 16.9 Å². The summed E-state index contributed by atoms with van der Waals surface area (Å²) in [7, 11) is 0. The number of rotatable bonds is 3. The number of hydrogen-bond donors (Lipinski definition) is 1. The standard InChI is InChI=1S/C15H13ClN4/c16-13-6-7-15(19-14(13)8-17)20-10-12(9-18-20)11-4-2-1-3-5-11/h1-7,9-10H,8,17H2. The van der Waals surface area contributed by atoms with Crippen LogP contribution in [0.2, 0.25) is 5.02 Å². The van der Waals surface area contributed by atoms with Crippen molar-refractivity contribution in [3.05, 3.63) is 65.6 Å². The topological polar surface area (TPSA) is 56.7 Å². The van der Waals surface area contributed by atoms with Crippen LogP contribution >= 0.6 is 11.6 Å². The van der Waals surface area contributed by atoms with Crippen LogP contribution in [0.1, 0.15) is 5.69 Å². The molecule has 0 aliphatic carbocycles. The molecule has 2 heterocycles. The number of halogens is 1. The molecule has 0 unspecified atom stereocenters. The summed E-state index contributed by atoms with van der Waals surface area (Å²) in [5.74, 6) is 0.706. The monoisotopic (exact) mass is 284 g/mol. The Bertz CT molecular complexity index is 722. The van der Waals surface area contributed by atoms with Gasteiger partial charge in [0.15, 0.2) is 5.82 Å². The molecule has 1 aromatic carbocycles. The first kappa shape index (κ1) is 12.8. The average molecular weight is 285 g/mol. The van der Waals surface area contributed by atoms with Crippen LogP contribution in [0.4, 0.5) is 0 Å². The van der Waals surface area contributed by atoms with E-state index in [9.17, 15) is 0 Å². The highest BCUT2D eigenvalue weighted by molar-refractivity contribution is 6.31. The third kappa shape index (κ3) is 2.43. The van der Waals surface area contributed by atoms with Crippen LogP contribution in [-0.2, 0) is 6.54 Å². The number of hydrogen-bond acceptors (Lipinski definition) is 3. The summed E-state index contributed by atoms with van der Waals surface area (Å²) >= 11 is 6.01. The molecule has 0 aliphatic rings. The van der Waals surface area contributed by atoms with Crippen molar-refractivity contribution in [2.45, 2.75) is 6.54 Å². The van der Waals surface area contributed by atoms with E-state index >= 15 is 0 Å². The van der Waals surface area contributed by atoms with Gasteiger partial charge in [-0.05, 0) is 17.7 Å². The van der Waals surface area contributed by atoms with Crippen molar-refractivity contribution in [1.29, 1.82) is 0 Å². The van der Waals surface area contributed by atoms with Crippen molar-refractivity contribution in [2.24, 2.45) is 5.73 Å². The fourth-order valence-electron chi connectivity index (χ4n) is 1.97. The van der Waals surface area contributed by atoms with Gasteiger partial charge in [-0.3, -0.25) is 0 Å². The molecular weight excluding hydrogens is 272 g/mol. The molecule has 2 N–H and O–H groups in total. The Kier molecular flexibility index (Phi) is 3.50. The lowest BCUT2D eigenvalue weighted by molar-refractivity contribution is 0.829. The number of benzene rings is 1. The maximum Gasteiger partial charge on any atom is 0.153 e. The Morgan fingerprint density at radius 2 is 1.85 bits per heavy atom. The van der Waals surface area contributed by atoms with Crippen molar-refractivity contribution < 1.29 is 0 Å². The minimum Gasteiger partial charge on any atom is -0.325 e. The largest absolute Gasteiger partial charge is 0.325 e. The van der Waals surface area contributed by atoms with Gasteiger partial charge in [-0.1, -0.05) is 41.9 Å². The highest BCUT2D eigenvalue weighted by atomic mass is 35.5. The molecule has 0 saturated carbocycles. The fourth-order valence-corrected chi connectivity index (χ4v) is 2.15. The SMILES string of the molecule is NCc1nc(-n2cc(-c3ccccc3)cn2)ccc1Cl. The molecule has 100 valence electrons. The zero-order chi connectivity index (χ0) is 13.9. The van der Waals surface area contributed by atoms with Crippen LogP contribution in [-0.4, -0.2) is 14.8 Å². The Balaban J connectivity index is 1.98. The van der Waals surface area contributed by atoms with Gasteiger partial charge in [-0.2, -0.15) is 5.10 Å². The molecule has 0 amide bonds. The zero-order valence-electron chi connectivity index (χ0n) is 10.7. The van der Waals surface area contributed by atoms with E-state index in [1.165, 1.54) is 0 Å². The molecule has 0 spiro atoms. The van der Waals surface area contributed by atoms with E-state index in [1.54, 1.807) is 10.7 Å². The van der Waals surface area contributed by atoms with E-state index in [2.05, 4.69) is 10.1 Å². The van der Waals surface area contributed by atoms with Crippen molar-refractivity contribution in [1.82, 2.24) is 14.8 Å². The lowest BCUT2D eigenvalue weighted by Gasteiger charge is -2.04. The van der Waals surface area contributed by atoms with E-state index in [-0.39, 0.29) is 0 Å². The summed E-state index contributed by atoms with van der Waals surface area (Å²) in [5, 5.41) is 4.91. The van der Waals surface area contributed by atoms with Gasteiger partial charge in [0.1, 0.15) is 0 Å². The normalized spacial score (nSPS) is 10.7. The van der Waals surface area contributed by atoms with Gasteiger partial charge in [0.2, 0.25) is 0 Å². The van der Waals surface area contributed by atoms with Gasteiger partial charge in [-0.15, -0.1) is 0 Å². The van der Waals surface area contributed by atoms with Gasteiger partial charge in [0.05, 0.1) is 16.9 Å². The highest BCUT2D eigenvalue weighted by Crippen LogP contribution is 2.20. The Labute approximate surface area is 121 Å². The predicted octanol–water partition coefficient (Wildman–Crippen LogP) is 3.05. The molecule has 0 aliphatic heterocycles. The maximum atomic E-state index is 6.01. The maximum absolute atomic E-state index is 6.01. The second-order valence-corrected chi connectivity index (χ2v) is 4.75. The Morgan fingerprint density at radius 1 is 1.05 bits per heavy atom. The smallest absolute Gasteiger partial charge is 0.153 e. The van der Waals surface area contributed by atoms with E-state index < -0.39 is 0 Å². The van der Waals surface area contributed by atoms with E-state index in [0.717, 1.165) is 11.1 Å². The van der Waals surface area contributed by atoms with Gasteiger partial charge in [0, 0.05) is 18.3 Å². The van der Waals surface area contributed by atoms with Crippen molar-refractivity contribution >= 4 is 11.6 Å². The lowest BCUT2D eigenvalue weighted by Crippen LogP contribution is -2.05. The van der Waals surface area contributed by atoms with Gasteiger partial charge < -0.3 is 5.73 Å². The van der Waals surface area contributed by atoms with Crippen molar-refractivity contribution in [2.75, 3.05) is 0 Å². The molecule has 0 radical (unpaired) electrons. The Morgan fingerprint density at radius 3 is 2.60 bits per heavy atom. The molecule has 0 atom stereocenters. The quantitative estimate of drug-likeness (QED) is 0.804. The summed E-state index contributed by atoms with van der Waals surface area (Å²) in [6.07, 6.45) is 3.75. The fraction of sp³-hybridized carbons (Fsp3) is 0.0667. The van der Waals surface area contributed by atoms with Crippen LogP contribution in [0.3, 0.4) is 0 Å². The van der Waals surface area contributed by atoms with E-state index in [4.69, 9.17) is 17.3 Å². The highest BCUT2D eigenvalue weighted by Gasteiger charge is 2.06. The lowest BCUT2D eigenvalue weighted by atomic mass is 10.1. The number of pyridine rings is 1. The van der Waals surface area contributed by atoms with Crippen LogP contribution in [0.5, 0.6) is 0 Å². The van der Waals surface area contributed by atoms with Crippen LogP contribution in [0, 0.1) is 0 Å². The second-order valence-electron chi connectivity index (χ2n) is 4.34. The molecule has 5 heteroatoms. The van der Waals surface area contributed by atoms with E-state index in [0.29, 0.717) is 23.1 Å². The van der Waals surface area contributed by atoms with Gasteiger partial charge in [-0.25, -0.2) is 9.67 Å². The number of aromatic nitrogens is 3. The summed E-state index contributed by atoms with van der Waals surface area (Å²) in [6.45, 7) is 0.305. The number of nitrogens with zero attached hydrogens (tertiary/aromatic N) is 3. The molecule has 0 saturated heterocycles. The molecule has 2 aromatic heterocycles. The molecule has 4 nitrogen and oxygen atoms in total. The number of nitrogens with two attached hydrogens (primary N) is 1. The summed E-state index contributed by atoms with van der Waals surface area (Å²) in [5.41, 5.74) is 8.44. The molecular formula is C15H13ClN4. The molecule has 0 fully saturated rings. The van der Waals surface area contributed by atoms with Crippen molar-refractivity contribution in [3.63, 3.8) is 0 Å². The summed E-state index contributed by atoms with van der Waals surface area (Å²) < 4.78 is 1.72. The van der Waals surface area contributed by atoms with Gasteiger partial charge >= 0.3 is 0 Å². The average Bonchev–Trinajstić information content (AvgIpc) is 2.98. The minimum atomic E-state index is 0.305. The third-order valence-corrected chi connectivity index (χ3v) is 3.37. The first-order chi connectivity index (χ1) is 9.78. The third-order valence-electron chi connectivity index (χ3n) is 3.02. The van der Waals surface area contributed by atoms with Gasteiger partial charge in [0.25, 0.3) is 0 Å². The molecule has 20 heavy (non-hydrogen) atoms. The van der Waals surface area contributed by atoms with Crippen molar-refractivity contribution in [3.8, 4) is 16.9 Å². The minimum absolute atomic E-state index is 0.305. The summed E-state index contributed by atoms with van der Waals surface area (Å²) in [6, 6.07) is 13.7. The summed E-state index contributed by atoms with van der Waals surface area (Å²) in [4.78, 5) is 4.41. The first-order valence-electron chi connectivity index (χ1n) is 6.24.